The first-order valence-electron chi connectivity index (χ1n) is 8.75. The van der Waals surface area contributed by atoms with E-state index in [-0.39, 0.29) is 17.5 Å². The van der Waals surface area contributed by atoms with Crippen LogP contribution in [0.5, 0.6) is 0 Å². The average molecular weight is 469 g/mol. The highest BCUT2D eigenvalue weighted by molar-refractivity contribution is 5.82. The van der Waals surface area contributed by atoms with E-state index in [9.17, 15) is 31.1 Å². The molecule has 170 valence electrons. The molecule has 0 spiro atoms. The summed E-state index contributed by atoms with van der Waals surface area (Å²) in [6.07, 6.45) is -3.82. The number of rotatable bonds is 4. The maximum atomic E-state index is 13.1. The van der Waals surface area contributed by atoms with Crippen molar-refractivity contribution in [1.29, 1.82) is 0 Å². The minimum atomic E-state index is -5.02. The van der Waals surface area contributed by atoms with Crippen molar-refractivity contribution in [2.24, 2.45) is 0 Å². The van der Waals surface area contributed by atoms with Crippen LogP contribution in [0.4, 0.5) is 26.3 Å². The molecule has 0 fully saturated rings. The molecule has 3 aromatic heterocycles. The van der Waals surface area contributed by atoms with E-state index in [2.05, 4.69) is 30.2 Å². The van der Waals surface area contributed by atoms with E-state index in [1.54, 1.807) is 0 Å². The molecule has 4 aromatic rings. The fourth-order valence-electron chi connectivity index (χ4n) is 2.72. The van der Waals surface area contributed by atoms with Gasteiger partial charge in [0.25, 0.3) is 5.89 Å². The first-order chi connectivity index (χ1) is 15.5. The van der Waals surface area contributed by atoms with Crippen LogP contribution in [0, 0.1) is 0 Å². The summed E-state index contributed by atoms with van der Waals surface area (Å²) < 4.78 is 84.7. The maximum Gasteiger partial charge on any atom is 0.434 e. The van der Waals surface area contributed by atoms with Gasteiger partial charge in [0.2, 0.25) is 0 Å². The van der Waals surface area contributed by atoms with Crippen molar-refractivity contribution in [3.8, 4) is 11.4 Å². The second-order valence-electron chi connectivity index (χ2n) is 6.43. The van der Waals surface area contributed by atoms with Gasteiger partial charge in [0.05, 0.1) is 16.7 Å². The predicted molar refractivity (Wildman–Crippen MR) is 97.9 cm³/mol. The van der Waals surface area contributed by atoms with Crippen LogP contribution < -0.4 is 5.76 Å². The molecule has 15 heteroatoms. The second kappa shape index (κ2) is 7.99. The van der Waals surface area contributed by atoms with E-state index < -0.39 is 40.6 Å². The monoisotopic (exact) mass is 469 g/mol. The average Bonchev–Trinajstić information content (AvgIpc) is 3.40. The third-order valence-corrected chi connectivity index (χ3v) is 4.16. The molecule has 3 heterocycles. The Morgan fingerprint density at radius 2 is 1.64 bits per heavy atom. The van der Waals surface area contributed by atoms with E-state index in [0.29, 0.717) is 17.7 Å². The Bertz CT molecular complexity index is 1340. The molecule has 0 aliphatic rings. The van der Waals surface area contributed by atoms with E-state index >= 15 is 0 Å². The lowest BCUT2D eigenvalue weighted by Gasteiger charge is -2.13. The standard InChI is InChI=1S/C18H9F6N7O2/c19-17(20,21)11-1-9(2-12(3-11)18(22,23)24)14-27-8-31(30-14)6-13(10-4-25-7-26-5-10)15-28-29-16(32)33-15/h1-8H,(H,29,32). The molecular formula is C18H9F6N7O2. The summed E-state index contributed by atoms with van der Waals surface area (Å²) in [6, 6.07) is 1.03. The molecule has 0 atom stereocenters. The van der Waals surface area contributed by atoms with Gasteiger partial charge in [-0.1, -0.05) is 0 Å². The summed E-state index contributed by atoms with van der Waals surface area (Å²) in [5.74, 6) is -1.46. The molecule has 0 saturated carbocycles. The topological polar surface area (TPSA) is 115 Å². The number of aromatic amines is 1. The molecule has 1 aromatic carbocycles. The number of nitrogens with zero attached hydrogens (tertiary/aromatic N) is 6. The maximum absolute atomic E-state index is 13.1. The lowest BCUT2D eigenvalue weighted by molar-refractivity contribution is -0.143. The van der Waals surface area contributed by atoms with Gasteiger partial charge < -0.3 is 4.42 Å². The molecule has 0 saturated heterocycles. The number of H-pyrrole nitrogens is 1. The molecular weight excluding hydrogens is 460 g/mol. The fraction of sp³-hybridized carbons (Fsp3) is 0.111. The van der Waals surface area contributed by atoms with E-state index in [0.717, 1.165) is 11.0 Å². The van der Waals surface area contributed by atoms with Crippen LogP contribution in [0.2, 0.25) is 0 Å². The largest absolute Gasteiger partial charge is 0.434 e. The molecule has 4 rings (SSSR count). The van der Waals surface area contributed by atoms with E-state index in [1.807, 2.05) is 0 Å². The van der Waals surface area contributed by atoms with Crippen LogP contribution in [-0.4, -0.2) is 34.9 Å². The minimum Gasteiger partial charge on any atom is -0.388 e. The number of alkyl halides is 6. The van der Waals surface area contributed by atoms with Gasteiger partial charge in [0.15, 0.2) is 5.82 Å². The third-order valence-electron chi connectivity index (χ3n) is 4.16. The summed E-state index contributed by atoms with van der Waals surface area (Å²) in [5.41, 5.74) is -3.05. The van der Waals surface area contributed by atoms with E-state index in [4.69, 9.17) is 4.42 Å². The van der Waals surface area contributed by atoms with Crippen molar-refractivity contribution in [1.82, 2.24) is 34.9 Å². The second-order valence-corrected chi connectivity index (χ2v) is 6.43. The Morgan fingerprint density at radius 1 is 1.00 bits per heavy atom. The Morgan fingerprint density at radius 3 is 2.18 bits per heavy atom. The summed E-state index contributed by atoms with van der Waals surface area (Å²) >= 11 is 0. The van der Waals surface area contributed by atoms with Gasteiger partial charge in [-0.25, -0.2) is 29.5 Å². The molecule has 0 aliphatic heterocycles. The first-order valence-corrected chi connectivity index (χ1v) is 8.75. The zero-order chi connectivity index (χ0) is 23.8. The van der Waals surface area contributed by atoms with Gasteiger partial charge in [-0.15, -0.1) is 10.2 Å². The Balaban J connectivity index is 1.80. The summed E-state index contributed by atoms with van der Waals surface area (Å²) in [5, 5.41) is 9.68. The molecule has 0 aliphatic carbocycles. The SMILES string of the molecule is O=c1[nH]nc(C(=Cn2cnc(-c3cc(C(F)(F)F)cc(C(F)(F)F)c3)n2)c2cncnc2)o1. The number of halogens is 6. The van der Waals surface area contributed by atoms with Crippen molar-refractivity contribution in [3.05, 3.63) is 76.4 Å². The number of benzene rings is 1. The van der Waals surface area contributed by atoms with Gasteiger partial charge in [-0.05, 0) is 18.2 Å². The van der Waals surface area contributed by atoms with E-state index in [1.165, 1.54) is 24.9 Å². The van der Waals surface area contributed by atoms with Crippen LogP contribution >= 0.6 is 0 Å². The Kier molecular flexibility index (Phi) is 5.31. The van der Waals surface area contributed by atoms with Crippen LogP contribution in [0.3, 0.4) is 0 Å². The van der Waals surface area contributed by atoms with Gasteiger partial charge in [0.1, 0.15) is 12.7 Å². The van der Waals surface area contributed by atoms with Crippen LogP contribution in [0.25, 0.3) is 23.2 Å². The van der Waals surface area contributed by atoms with Crippen LogP contribution in [0.1, 0.15) is 22.6 Å². The quantitative estimate of drug-likeness (QED) is 0.455. The highest BCUT2D eigenvalue weighted by Crippen LogP contribution is 2.38. The summed E-state index contributed by atoms with van der Waals surface area (Å²) in [4.78, 5) is 22.8. The summed E-state index contributed by atoms with van der Waals surface area (Å²) in [6.45, 7) is 0. The van der Waals surface area contributed by atoms with Crippen molar-refractivity contribution in [3.63, 3.8) is 0 Å². The van der Waals surface area contributed by atoms with Gasteiger partial charge in [-0.2, -0.15) is 26.3 Å². The number of hydrogen-bond acceptors (Lipinski definition) is 7. The van der Waals surface area contributed by atoms with Crippen molar-refractivity contribution < 1.29 is 30.8 Å². The molecule has 1 N–H and O–H groups in total. The first kappa shape index (κ1) is 21.9. The molecule has 0 unspecified atom stereocenters. The number of nitrogens with one attached hydrogen (secondary N) is 1. The van der Waals surface area contributed by atoms with Gasteiger partial charge in [0, 0.05) is 29.7 Å². The number of hydrogen-bond donors (Lipinski definition) is 1. The van der Waals surface area contributed by atoms with Crippen molar-refractivity contribution >= 4 is 11.8 Å². The minimum absolute atomic E-state index is 0.00743. The molecule has 33 heavy (non-hydrogen) atoms. The Hall–Kier alpha value is -4.30. The molecule has 0 bridgehead atoms. The lowest BCUT2D eigenvalue weighted by atomic mass is 10.0. The lowest BCUT2D eigenvalue weighted by Crippen LogP contribution is -2.11. The van der Waals surface area contributed by atoms with Crippen molar-refractivity contribution in [2.45, 2.75) is 12.4 Å². The van der Waals surface area contributed by atoms with Crippen LogP contribution in [0.15, 0.2) is 52.5 Å². The Labute approximate surface area is 178 Å². The highest BCUT2D eigenvalue weighted by Gasteiger charge is 2.37. The predicted octanol–water partition coefficient (Wildman–Crippen LogP) is 3.50. The molecule has 0 radical (unpaired) electrons. The third kappa shape index (κ3) is 4.81. The highest BCUT2D eigenvalue weighted by atomic mass is 19.4. The number of aromatic nitrogens is 7. The zero-order valence-corrected chi connectivity index (χ0v) is 15.9. The smallest absolute Gasteiger partial charge is 0.388 e. The molecule has 9 nitrogen and oxygen atoms in total. The zero-order valence-electron chi connectivity index (χ0n) is 15.9. The normalized spacial score (nSPS) is 12.8. The van der Waals surface area contributed by atoms with Gasteiger partial charge in [-0.3, -0.25) is 0 Å². The molecule has 0 amide bonds. The van der Waals surface area contributed by atoms with Crippen LogP contribution in [-0.2, 0) is 12.4 Å². The summed E-state index contributed by atoms with van der Waals surface area (Å²) in [7, 11) is 0. The fourth-order valence-corrected chi connectivity index (χ4v) is 2.72. The van der Waals surface area contributed by atoms with Crippen molar-refractivity contribution in [2.75, 3.05) is 0 Å². The van der Waals surface area contributed by atoms with Gasteiger partial charge >= 0.3 is 18.1 Å².